The molecule has 4 nitrogen and oxygen atoms in total. The molecule has 2 heterocycles. The lowest BCUT2D eigenvalue weighted by Crippen LogP contribution is -2.35. The van der Waals surface area contributed by atoms with E-state index in [0.717, 1.165) is 35.7 Å². The second-order valence-corrected chi connectivity index (χ2v) is 13.2. The minimum Gasteiger partial charge on any atom is -0.465 e. The molecule has 0 radical (unpaired) electrons. The van der Waals surface area contributed by atoms with Crippen molar-refractivity contribution in [1.29, 1.82) is 0 Å². The Morgan fingerprint density at radius 1 is 0.889 bits per heavy atom. The summed E-state index contributed by atoms with van der Waals surface area (Å²) in [7, 11) is 0. The fourth-order valence-corrected chi connectivity index (χ4v) is 9.39. The first kappa shape index (κ1) is 18.7. The Labute approximate surface area is 170 Å². The predicted molar refractivity (Wildman–Crippen MR) is 108 cm³/mol. The Bertz CT molecular complexity index is 622. The van der Waals surface area contributed by atoms with Crippen LogP contribution in [0.1, 0.15) is 46.5 Å². The summed E-state index contributed by atoms with van der Waals surface area (Å²) in [4.78, 5) is 25.1. The van der Waals surface area contributed by atoms with E-state index in [9.17, 15) is 9.59 Å². The molecule has 5 aliphatic rings. The number of thioether (sulfide) groups is 2. The molecule has 0 amide bonds. The lowest BCUT2D eigenvalue weighted by molar-refractivity contribution is -0.159. The molecule has 0 aromatic carbocycles. The van der Waals surface area contributed by atoms with E-state index in [4.69, 9.17) is 9.47 Å². The number of carbonyl (C=O) groups is 2. The van der Waals surface area contributed by atoms with E-state index >= 15 is 0 Å². The lowest BCUT2D eigenvalue weighted by atomic mass is 9.89. The highest BCUT2D eigenvalue weighted by molar-refractivity contribution is 8.07. The summed E-state index contributed by atoms with van der Waals surface area (Å²) in [5.41, 5.74) is -0.336. The molecule has 2 saturated heterocycles. The van der Waals surface area contributed by atoms with Crippen molar-refractivity contribution >= 4 is 35.5 Å². The molecule has 6 heteroatoms. The van der Waals surface area contributed by atoms with E-state index in [1.165, 1.54) is 6.42 Å². The third kappa shape index (κ3) is 3.33. The highest BCUT2D eigenvalue weighted by Gasteiger charge is 2.64. The van der Waals surface area contributed by atoms with E-state index in [0.29, 0.717) is 35.5 Å². The van der Waals surface area contributed by atoms with Gasteiger partial charge in [0.15, 0.2) is 0 Å². The van der Waals surface area contributed by atoms with Gasteiger partial charge in [0, 0.05) is 26.4 Å². The molecule has 5 rings (SSSR count). The van der Waals surface area contributed by atoms with Gasteiger partial charge in [0.05, 0.1) is 25.0 Å². The van der Waals surface area contributed by atoms with Crippen molar-refractivity contribution in [2.24, 2.45) is 35.0 Å². The second kappa shape index (κ2) is 6.58. The summed E-state index contributed by atoms with van der Waals surface area (Å²) < 4.78 is 11.4. The Kier molecular flexibility index (Phi) is 4.55. The van der Waals surface area contributed by atoms with Crippen LogP contribution in [-0.2, 0) is 19.1 Å². The number of fused-ring (bicyclic) bond motifs is 7. The molecule has 0 N–H and O–H groups in total. The average Bonchev–Trinajstić information content (AvgIpc) is 2.96. The fraction of sp³-hybridized carbons (Fsp3) is 0.905. The first-order valence-electron chi connectivity index (χ1n) is 10.5. The Morgan fingerprint density at radius 2 is 1.56 bits per heavy atom. The average molecular weight is 411 g/mol. The molecule has 2 aliphatic heterocycles. The van der Waals surface area contributed by atoms with Gasteiger partial charge < -0.3 is 9.47 Å². The van der Waals surface area contributed by atoms with Gasteiger partial charge in [0.1, 0.15) is 0 Å². The van der Waals surface area contributed by atoms with E-state index in [1.807, 2.05) is 25.6 Å². The first-order chi connectivity index (χ1) is 12.8. The third-order valence-electron chi connectivity index (χ3n) is 7.49. The highest BCUT2D eigenvalue weighted by Crippen LogP contribution is 2.67. The minimum atomic E-state index is -0.336. The lowest BCUT2D eigenvalue weighted by Gasteiger charge is -2.29. The molecule has 27 heavy (non-hydrogen) atoms. The number of carbonyl (C=O) groups excluding carboxylic acids is 2. The van der Waals surface area contributed by atoms with Crippen LogP contribution in [0.4, 0.5) is 0 Å². The zero-order valence-corrected chi connectivity index (χ0v) is 18.0. The molecule has 0 aromatic heterocycles. The minimum absolute atomic E-state index is 0.0215. The van der Waals surface area contributed by atoms with Crippen molar-refractivity contribution in [2.45, 2.75) is 67.5 Å². The SMILES string of the molecule is CC1SC2CC(C(=O)OCC(C)(C)COC(=O)C3CC4CC3C3SC43)C1C2. The Morgan fingerprint density at radius 3 is 2.11 bits per heavy atom. The van der Waals surface area contributed by atoms with Crippen LogP contribution in [0, 0.1) is 35.0 Å². The zero-order valence-electron chi connectivity index (χ0n) is 16.4. The van der Waals surface area contributed by atoms with Gasteiger partial charge in [-0.25, -0.2) is 0 Å². The molecular weight excluding hydrogens is 380 g/mol. The number of hydrogen-bond donors (Lipinski definition) is 0. The zero-order chi connectivity index (χ0) is 18.9. The first-order valence-corrected chi connectivity index (χ1v) is 12.4. The topological polar surface area (TPSA) is 52.6 Å². The molecule has 9 atom stereocenters. The van der Waals surface area contributed by atoms with Crippen LogP contribution in [0.15, 0.2) is 0 Å². The van der Waals surface area contributed by atoms with Crippen LogP contribution in [0.3, 0.4) is 0 Å². The van der Waals surface area contributed by atoms with E-state index in [1.54, 1.807) is 0 Å². The van der Waals surface area contributed by atoms with E-state index in [-0.39, 0.29) is 29.2 Å². The van der Waals surface area contributed by atoms with Gasteiger partial charge in [-0.2, -0.15) is 23.5 Å². The number of hydrogen-bond acceptors (Lipinski definition) is 6. The Balaban J connectivity index is 1.08. The molecule has 3 aliphatic carbocycles. The van der Waals surface area contributed by atoms with Crippen LogP contribution in [0.2, 0.25) is 0 Å². The van der Waals surface area contributed by atoms with Crippen molar-refractivity contribution in [2.75, 3.05) is 13.2 Å². The van der Waals surface area contributed by atoms with Crippen molar-refractivity contribution in [3.63, 3.8) is 0 Å². The van der Waals surface area contributed by atoms with Crippen LogP contribution >= 0.6 is 23.5 Å². The molecule has 3 saturated carbocycles. The molecule has 4 bridgehead atoms. The highest BCUT2D eigenvalue weighted by atomic mass is 32.2. The number of esters is 2. The normalized spacial score (nSPS) is 46.4. The maximum atomic E-state index is 12.6. The van der Waals surface area contributed by atoms with E-state index < -0.39 is 0 Å². The van der Waals surface area contributed by atoms with Gasteiger partial charge >= 0.3 is 11.9 Å². The van der Waals surface area contributed by atoms with Crippen molar-refractivity contribution < 1.29 is 19.1 Å². The van der Waals surface area contributed by atoms with Crippen molar-refractivity contribution in [3.05, 3.63) is 0 Å². The molecule has 0 spiro atoms. The maximum Gasteiger partial charge on any atom is 0.309 e. The van der Waals surface area contributed by atoms with Gasteiger partial charge in [0.25, 0.3) is 0 Å². The summed E-state index contributed by atoms with van der Waals surface area (Å²) in [6.07, 6.45) is 4.38. The smallest absolute Gasteiger partial charge is 0.309 e. The summed E-state index contributed by atoms with van der Waals surface area (Å²) >= 11 is 4.09. The van der Waals surface area contributed by atoms with Gasteiger partial charge in [-0.1, -0.05) is 20.8 Å². The summed E-state index contributed by atoms with van der Waals surface area (Å²) in [5.74, 6) is 1.90. The number of ether oxygens (including phenoxy) is 2. The van der Waals surface area contributed by atoms with Crippen LogP contribution in [0.25, 0.3) is 0 Å². The van der Waals surface area contributed by atoms with Gasteiger partial charge in [-0.15, -0.1) is 0 Å². The Hall–Kier alpha value is -0.360. The molecule has 5 fully saturated rings. The van der Waals surface area contributed by atoms with Crippen LogP contribution in [0.5, 0.6) is 0 Å². The van der Waals surface area contributed by atoms with Gasteiger partial charge in [-0.3, -0.25) is 9.59 Å². The van der Waals surface area contributed by atoms with Crippen molar-refractivity contribution in [3.8, 4) is 0 Å². The summed E-state index contributed by atoms with van der Waals surface area (Å²) in [6, 6.07) is 0. The summed E-state index contributed by atoms with van der Waals surface area (Å²) in [5, 5.41) is 2.79. The number of rotatable bonds is 6. The maximum absolute atomic E-state index is 12.6. The monoisotopic (exact) mass is 410 g/mol. The molecule has 9 unspecified atom stereocenters. The molecule has 150 valence electrons. The largest absolute Gasteiger partial charge is 0.465 e. The van der Waals surface area contributed by atoms with Crippen LogP contribution < -0.4 is 0 Å². The predicted octanol–water partition coefficient (Wildman–Crippen LogP) is 3.77. The standard InChI is InChI=1S/C21H30O4S2/c1-10-13-6-12(26-10)7-16(13)20(23)25-9-21(2,3)8-24-19(22)15-5-11-4-14(15)18-17(11)27-18/h10-18H,4-9H2,1-3H3. The van der Waals surface area contributed by atoms with Gasteiger partial charge in [-0.05, 0) is 43.4 Å². The van der Waals surface area contributed by atoms with E-state index in [2.05, 4.69) is 18.7 Å². The molecule has 0 aromatic rings. The molecular formula is C21H30O4S2. The fourth-order valence-electron chi connectivity index (χ4n) is 5.99. The third-order valence-corrected chi connectivity index (χ3v) is 10.7. The van der Waals surface area contributed by atoms with Crippen molar-refractivity contribution in [1.82, 2.24) is 0 Å². The van der Waals surface area contributed by atoms with Crippen LogP contribution in [-0.4, -0.2) is 46.2 Å². The quantitative estimate of drug-likeness (QED) is 0.491. The van der Waals surface area contributed by atoms with Gasteiger partial charge in [0.2, 0.25) is 0 Å². The summed E-state index contributed by atoms with van der Waals surface area (Å²) in [6.45, 7) is 6.92. The second-order valence-electron chi connectivity index (χ2n) is 10.2.